The number of hydrogen-bond donors (Lipinski definition) is 4. The number of aliphatic hydroxyl groups excluding tert-OH is 2. The standard InChI is InChI=1S/C25H42N2O4/c1-16(15-27-31-11-10-26)12-18-14-19(28)13-17-4-5-21-20(24(17,18)3)6-8-23(2)22(29)7-9-25(21,23)30/h12,15,17-22,28-30H,4-11,13-14,26H2,1-3H3/b16-12+,27-15+/t17-,18?,19-,20+,21-,22-,23-,24-,25+/m1/s1. The van der Waals surface area contributed by atoms with E-state index in [1.54, 1.807) is 6.21 Å². The number of hydrogen-bond acceptors (Lipinski definition) is 6. The van der Waals surface area contributed by atoms with E-state index in [9.17, 15) is 15.3 Å². The summed E-state index contributed by atoms with van der Waals surface area (Å²) in [4.78, 5) is 5.16. The zero-order valence-corrected chi connectivity index (χ0v) is 19.5. The number of fused-ring (bicyclic) bond motifs is 5. The van der Waals surface area contributed by atoms with E-state index in [1.807, 2.05) is 6.92 Å². The molecule has 4 aliphatic rings. The number of aliphatic hydroxyl groups is 3. The monoisotopic (exact) mass is 434 g/mol. The maximum absolute atomic E-state index is 12.0. The maximum Gasteiger partial charge on any atom is 0.129 e. The van der Waals surface area contributed by atoms with Crippen LogP contribution in [0.2, 0.25) is 0 Å². The molecule has 0 heterocycles. The van der Waals surface area contributed by atoms with Crippen molar-refractivity contribution >= 4 is 6.21 Å². The summed E-state index contributed by atoms with van der Waals surface area (Å²) in [6.07, 6.45) is 10.3. The van der Waals surface area contributed by atoms with Gasteiger partial charge in [-0.05, 0) is 93.0 Å². The van der Waals surface area contributed by atoms with Gasteiger partial charge in [-0.3, -0.25) is 0 Å². The van der Waals surface area contributed by atoms with Crippen molar-refractivity contribution in [3.05, 3.63) is 11.6 Å². The Kier molecular flexibility index (Phi) is 6.32. The van der Waals surface area contributed by atoms with Crippen LogP contribution in [0.15, 0.2) is 16.8 Å². The van der Waals surface area contributed by atoms with E-state index < -0.39 is 11.7 Å². The first kappa shape index (κ1) is 23.2. The van der Waals surface area contributed by atoms with E-state index in [0.717, 1.165) is 44.1 Å². The highest BCUT2D eigenvalue weighted by Crippen LogP contribution is 2.68. The van der Waals surface area contributed by atoms with Crippen molar-refractivity contribution in [2.75, 3.05) is 13.2 Å². The van der Waals surface area contributed by atoms with Crippen molar-refractivity contribution < 1.29 is 20.2 Å². The van der Waals surface area contributed by atoms with E-state index in [1.165, 1.54) is 0 Å². The van der Waals surface area contributed by atoms with Crippen LogP contribution in [-0.4, -0.2) is 52.5 Å². The van der Waals surface area contributed by atoms with Crippen LogP contribution < -0.4 is 5.73 Å². The van der Waals surface area contributed by atoms with Gasteiger partial charge in [-0.2, -0.15) is 0 Å². The molecule has 5 N–H and O–H groups in total. The first-order valence-electron chi connectivity index (χ1n) is 12.3. The fourth-order valence-corrected chi connectivity index (χ4v) is 8.16. The maximum atomic E-state index is 12.0. The van der Waals surface area contributed by atoms with Crippen molar-refractivity contribution in [3.63, 3.8) is 0 Å². The minimum absolute atomic E-state index is 0.0277. The average molecular weight is 435 g/mol. The highest BCUT2D eigenvalue weighted by Gasteiger charge is 2.68. The van der Waals surface area contributed by atoms with Gasteiger partial charge in [0.2, 0.25) is 0 Å². The fraction of sp³-hybridized carbons (Fsp3) is 0.880. The average Bonchev–Trinajstić information content (AvgIpc) is 2.97. The first-order chi connectivity index (χ1) is 14.7. The van der Waals surface area contributed by atoms with Crippen LogP contribution in [0.5, 0.6) is 0 Å². The zero-order valence-electron chi connectivity index (χ0n) is 19.5. The zero-order chi connectivity index (χ0) is 22.4. The number of nitrogens with zero attached hydrogens (tertiary/aromatic N) is 1. The summed E-state index contributed by atoms with van der Waals surface area (Å²) in [6, 6.07) is 0. The fourth-order valence-electron chi connectivity index (χ4n) is 8.16. The van der Waals surface area contributed by atoms with E-state index in [4.69, 9.17) is 10.6 Å². The molecule has 9 atom stereocenters. The molecule has 1 unspecified atom stereocenters. The van der Waals surface area contributed by atoms with Crippen LogP contribution >= 0.6 is 0 Å². The Hall–Kier alpha value is -0.950. The van der Waals surface area contributed by atoms with Gasteiger partial charge in [-0.25, -0.2) is 0 Å². The quantitative estimate of drug-likeness (QED) is 0.302. The van der Waals surface area contributed by atoms with E-state index in [0.29, 0.717) is 37.8 Å². The number of nitrogens with two attached hydrogens (primary N) is 1. The largest absolute Gasteiger partial charge is 0.394 e. The van der Waals surface area contributed by atoms with Crippen molar-refractivity contribution in [3.8, 4) is 0 Å². The number of oxime groups is 1. The van der Waals surface area contributed by atoms with Gasteiger partial charge in [0, 0.05) is 12.0 Å². The van der Waals surface area contributed by atoms with Crippen LogP contribution in [0.25, 0.3) is 0 Å². The predicted octanol–water partition coefficient (Wildman–Crippen LogP) is 3.00. The molecule has 4 saturated carbocycles. The molecular weight excluding hydrogens is 392 g/mol. The lowest BCUT2D eigenvalue weighted by Crippen LogP contribution is -2.64. The van der Waals surface area contributed by atoms with Crippen molar-refractivity contribution in [1.82, 2.24) is 0 Å². The SMILES string of the molecule is CC(/C=N/OCCN)=C\C1C[C@H](O)C[C@H]2CC[C@@H]3[C@H](CC[C@]4(C)[C@H](O)CC[C@]34O)[C@@]12C. The summed E-state index contributed by atoms with van der Waals surface area (Å²) in [5.41, 5.74) is 5.35. The van der Waals surface area contributed by atoms with Gasteiger partial charge >= 0.3 is 0 Å². The molecule has 31 heavy (non-hydrogen) atoms. The number of allylic oxidation sites excluding steroid dienone is 2. The van der Waals surface area contributed by atoms with Crippen molar-refractivity contribution in [1.29, 1.82) is 0 Å². The predicted molar refractivity (Wildman–Crippen MR) is 121 cm³/mol. The number of rotatable bonds is 5. The van der Waals surface area contributed by atoms with Gasteiger partial charge in [-0.15, -0.1) is 0 Å². The van der Waals surface area contributed by atoms with Gasteiger partial charge in [0.25, 0.3) is 0 Å². The minimum Gasteiger partial charge on any atom is -0.394 e. The summed E-state index contributed by atoms with van der Waals surface area (Å²) in [5, 5.41) is 37.4. The molecule has 4 rings (SSSR count). The van der Waals surface area contributed by atoms with Crippen molar-refractivity contribution in [2.45, 2.75) is 89.9 Å². The Balaban J connectivity index is 1.64. The highest BCUT2D eigenvalue weighted by molar-refractivity contribution is 5.77. The molecule has 6 nitrogen and oxygen atoms in total. The normalized spacial score (nSPS) is 50.1. The molecule has 0 radical (unpaired) electrons. The third-order valence-electron chi connectivity index (χ3n) is 9.99. The summed E-state index contributed by atoms with van der Waals surface area (Å²) in [5.74, 6) is 1.31. The summed E-state index contributed by atoms with van der Waals surface area (Å²) >= 11 is 0. The molecule has 4 aliphatic carbocycles. The van der Waals surface area contributed by atoms with E-state index in [2.05, 4.69) is 25.1 Å². The lowest BCUT2D eigenvalue weighted by atomic mass is 9.41. The Labute approximate surface area is 186 Å². The molecular formula is C25H42N2O4. The topological polar surface area (TPSA) is 108 Å². The second-order valence-corrected chi connectivity index (χ2v) is 11.3. The van der Waals surface area contributed by atoms with E-state index in [-0.39, 0.29) is 28.8 Å². The lowest BCUT2D eigenvalue weighted by Gasteiger charge is -2.65. The molecule has 0 bridgehead atoms. The van der Waals surface area contributed by atoms with Gasteiger partial charge in [0.15, 0.2) is 0 Å². The highest BCUT2D eigenvalue weighted by atomic mass is 16.6. The smallest absolute Gasteiger partial charge is 0.129 e. The third kappa shape index (κ3) is 3.58. The van der Waals surface area contributed by atoms with Crippen LogP contribution in [0.3, 0.4) is 0 Å². The Bertz CT molecular complexity index is 726. The molecule has 0 aromatic carbocycles. The van der Waals surface area contributed by atoms with Crippen LogP contribution in [0, 0.1) is 34.5 Å². The summed E-state index contributed by atoms with van der Waals surface area (Å²) < 4.78 is 0. The lowest BCUT2D eigenvalue weighted by molar-refractivity contribution is -0.223. The van der Waals surface area contributed by atoms with Gasteiger partial charge < -0.3 is 25.9 Å². The summed E-state index contributed by atoms with van der Waals surface area (Å²) in [6.45, 7) is 7.40. The van der Waals surface area contributed by atoms with Gasteiger partial charge in [0.05, 0.1) is 24.0 Å². The Morgan fingerprint density at radius 1 is 1.10 bits per heavy atom. The van der Waals surface area contributed by atoms with Gasteiger partial charge in [0.1, 0.15) is 6.61 Å². The molecule has 0 aliphatic heterocycles. The second kappa shape index (κ2) is 8.44. The molecule has 176 valence electrons. The second-order valence-electron chi connectivity index (χ2n) is 11.3. The van der Waals surface area contributed by atoms with Crippen LogP contribution in [0.1, 0.15) is 72.1 Å². The molecule has 0 spiro atoms. The molecule has 6 heteroatoms. The Morgan fingerprint density at radius 3 is 2.61 bits per heavy atom. The van der Waals surface area contributed by atoms with Gasteiger partial charge in [-0.1, -0.05) is 25.1 Å². The minimum atomic E-state index is -0.778. The molecule has 0 aromatic heterocycles. The molecule has 4 fully saturated rings. The first-order valence-corrected chi connectivity index (χ1v) is 12.3. The molecule has 0 aromatic rings. The Morgan fingerprint density at radius 2 is 1.87 bits per heavy atom. The third-order valence-corrected chi connectivity index (χ3v) is 9.99. The molecule has 0 amide bonds. The van der Waals surface area contributed by atoms with Crippen molar-refractivity contribution in [2.24, 2.45) is 45.4 Å². The van der Waals surface area contributed by atoms with E-state index >= 15 is 0 Å². The summed E-state index contributed by atoms with van der Waals surface area (Å²) in [7, 11) is 0. The van der Waals surface area contributed by atoms with Crippen LogP contribution in [0.4, 0.5) is 0 Å². The molecule has 0 saturated heterocycles. The van der Waals surface area contributed by atoms with Crippen LogP contribution in [-0.2, 0) is 4.84 Å².